The molecule has 1 aliphatic rings. The maximum atomic E-state index is 11.3. The molecule has 2 aromatic carbocycles. The summed E-state index contributed by atoms with van der Waals surface area (Å²) in [7, 11) is 6.00. The van der Waals surface area contributed by atoms with Gasteiger partial charge in [-0.2, -0.15) is 0 Å². The number of aliphatic hydroxyl groups excluding tert-OH is 1. The zero-order valence-corrected chi connectivity index (χ0v) is 16.7. The van der Waals surface area contributed by atoms with Gasteiger partial charge < -0.3 is 24.1 Å². The molecular weight excluding hydrogens is 378 g/mol. The SMILES string of the molecule is COc1ccc(/C=C2\c3cc(OC)c(OC)c(OC)c3CC[C@H]2O)cc1[N+](=O)[O-]. The van der Waals surface area contributed by atoms with E-state index in [1.807, 2.05) is 0 Å². The molecule has 154 valence electrons. The Balaban J connectivity index is 2.20. The number of nitro benzene ring substituents is 1. The van der Waals surface area contributed by atoms with Crippen LogP contribution in [0.4, 0.5) is 5.69 Å². The van der Waals surface area contributed by atoms with E-state index >= 15 is 0 Å². The first-order valence-corrected chi connectivity index (χ1v) is 8.99. The van der Waals surface area contributed by atoms with Gasteiger partial charge in [-0.05, 0) is 47.8 Å². The summed E-state index contributed by atoms with van der Waals surface area (Å²) in [4.78, 5) is 10.8. The van der Waals surface area contributed by atoms with E-state index in [2.05, 4.69) is 0 Å². The summed E-state index contributed by atoms with van der Waals surface area (Å²) in [5.74, 6) is 1.70. The Labute approximate surface area is 168 Å². The van der Waals surface area contributed by atoms with E-state index in [4.69, 9.17) is 18.9 Å². The molecular formula is C21H23NO7. The topological polar surface area (TPSA) is 100 Å². The van der Waals surface area contributed by atoms with Crippen LogP contribution in [0.5, 0.6) is 23.0 Å². The highest BCUT2D eigenvalue weighted by Gasteiger charge is 2.29. The number of aliphatic hydroxyl groups is 1. The van der Waals surface area contributed by atoms with E-state index in [0.717, 1.165) is 11.1 Å². The van der Waals surface area contributed by atoms with Crippen LogP contribution < -0.4 is 18.9 Å². The monoisotopic (exact) mass is 401 g/mol. The average Bonchev–Trinajstić information content (AvgIpc) is 2.73. The smallest absolute Gasteiger partial charge is 0.311 e. The molecule has 0 radical (unpaired) electrons. The summed E-state index contributed by atoms with van der Waals surface area (Å²) >= 11 is 0. The molecule has 0 fully saturated rings. The number of nitro groups is 1. The minimum absolute atomic E-state index is 0.141. The van der Waals surface area contributed by atoms with Crippen LogP contribution in [0.1, 0.15) is 23.1 Å². The summed E-state index contributed by atoms with van der Waals surface area (Å²) in [5, 5.41) is 22.0. The Morgan fingerprint density at radius 1 is 1.03 bits per heavy atom. The highest BCUT2D eigenvalue weighted by Crippen LogP contribution is 2.47. The number of ether oxygens (including phenoxy) is 4. The van der Waals surface area contributed by atoms with E-state index in [-0.39, 0.29) is 11.4 Å². The van der Waals surface area contributed by atoms with Gasteiger partial charge in [0.05, 0.1) is 39.5 Å². The summed E-state index contributed by atoms with van der Waals surface area (Å²) in [6, 6.07) is 6.46. The molecule has 2 aromatic rings. The lowest BCUT2D eigenvalue weighted by Gasteiger charge is -2.28. The van der Waals surface area contributed by atoms with Crippen molar-refractivity contribution in [2.24, 2.45) is 0 Å². The molecule has 0 unspecified atom stereocenters. The van der Waals surface area contributed by atoms with Crippen molar-refractivity contribution >= 4 is 17.3 Å². The van der Waals surface area contributed by atoms with Crippen LogP contribution in [0.15, 0.2) is 24.3 Å². The molecule has 3 rings (SSSR count). The lowest BCUT2D eigenvalue weighted by atomic mass is 9.83. The minimum Gasteiger partial charge on any atom is -0.493 e. The maximum Gasteiger partial charge on any atom is 0.311 e. The van der Waals surface area contributed by atoms with Gasteiger partial charge in [0.2, 0.25) is 5.75 Å². The molecule has 0 saturated carbocycles. The molecule has 0 aliphatic heterocycles. The number of fused-ring (bicyclic) bond motifs is 1. The largest absolute Gasteiger partial charge is 0.493 e. The fraction of sp³-hybridized carbons (Fsp3) is 0.333. The Hall–Kier alpha value is -3.26. The van der Waals surface area contributed by atoms with Gasteiger partial charge >= 0.3 is 5.69 Å². The molecule has 0 aromatic heterocycles. The molecule has 8 nitrogen and oxygen atoms in total. The van der Waals surface area contributed by atoms with Gasteiger partial charge in [0.25, 0.3) is 0 Å². The van der Waals surface area contributed by atoms with Gasteiger partial charge in [-0.3, -0.25) is 10.1 Å². The van der Waals surface area contributed by atoms with Gasteiger partial charge in [0, 0.05) is 11.6 Å². The standard InChI is InChI=1S/C21H23NO7/c1-26-18-8-5-12(10-16(18)22(24)25)9-15-14-11-19(27-2)21(29-4)20(28-3)13(14)6-7-17(15)23/h5,8-11,17,23H,6-7H2,1-4H3/b15-9+/t17-/m1/s1. The lowest BCUT2D eigenvalue weighted by molar-refractivity contribution is -0.385. The second-order valence-electron chi connectivity index (χ2n) is 6.51. The predicted molar refractivity (Wildman–Crippen MR) is 108 cm³/mol. The molecule has 0 bridgehead atoms. The summed E-state index contributed by atoms with van der Waals surface area (Å²) in [6.45, 7) is 0. The Kier molecular flexibility index (Phi) is 5.93. The number of nitrogens with zero attached hydrogens (tertiary/aromatic N) is 1. The van der Waals surface area contributed by atoms with Crippen molar-refractivity contribution in [2.75, 3.05) is 28.4 Å². The third-order valence-electron chi connectivity index (χ3n) is 4.99. The fourth-order valence-electron chi connectivity index (χ4n) is 3.63. The van der Waals surface area contributed by atoms with Crippen LogP contribution in [0.25, 0.3) is 11.6 Å². The fourth-order valence-corrected chi connectivity index (χ4v) is 3.63. The highest BCUT2D eigenvalue weighted by molar-refractivity contribution is 5.88. The Morgan fingerprint density at radius 2 is 1.72 bits per heavy atom. The average molecular weight is 401 g/mol. The quantitative estimate of drug-likeness (QED) is 0.584. The van der Waals surface area contributed by atoms with E-state index in [0.29, 0.717) is 41.2 Å². The maximum absolute atomic E-state index is 11.3. The third-order valence-corrected chi connectivity index (χ3v) is 4.99. The second-order valence-corrected chi connectivity index (χ2v) is 6.51. The van der Waals surface area contributed by atoms with Crippen molar-refractivity contribution in [3.05, 3.63) is 51.1 Å². The van der Waals surface area contributed by atoms with Crippen LogP contribution in [0, 0.1) is 10.1 Å². The molecule has 0 heterocycles. The first kappa shape index (κ1) is 20.5. The van der Waals surface area contributed by atoms with Gasteiger partial charge in [-0.25, -0.2) is 0 Å². The van der Waals surface area contributed by atoms with Gasteiger partial charge in [0.1, 0.15) is 0 Å². The van der Waals surface area contributed by atoms with Crippen LogP contribution >= 0.6 is 0 Å². The van der Waals surface area contributed by atoms with E-state index in [1.54, 1.807) is 25.3 Å². The molecule has 0 spiro atoms. The lowest BCUT2D eigenvalue weighted by Crippen LogP contribution is -2.19. The van der Waals surface area contributed by atoms with E-state index in [9.17, 15) is 15.2 Å². The first-order valence-electron chi connectivity index (χ1n) is 8.99. The second kappa shape index (κ2) is 8.40. The van der Waals surface area contributed by atoms with Crippen molar-refractivity contribution < 1.29 is 29.0 Å². The molecule has 8 heteroatoms. The van der Waals surface area contributed by atoms with Crippen LogP contribution in [-0.4, -0.2) is 44.6 Å². The summed E-state index contributed by atoms with van der Waals surface area (Å²) < 4.78 is 21.5. The van der Waals surface area contributed by atoms with E-state index in [1.165, 1.54) is 33.5 Å². The number of rotatable bonds is 6. The van der Waals surface area contributed by atoms with Gasteiger partial charge in [-0.15, -0.1) is 0 Å². The van der Waals surface area contributed by atoms with Crippen molar-refractivity contribution in [1.29, 1.82) is 0 Å². The molecule has 1 aliphatic carbocycles. The molecule has 1 N–H and O–H groups in total. The zero-order chi connectivity index (χ0) is 21.1. The first-order chi connectivity index (χ1) is 13.9. The Morgan fingerprint density at radius 3 is 2.31 bits per heavy atom. The number of hydrogen-bond donors (Lipinski definition) is 1. The van der Waals surface area contributed by atoms with Crippen LogP contribution in [0.2, 0.25) is 0 Å². The van der Waals surface area contributed by atoms with E-state index < -0.39 is 11.0 Å². The predicted octanol–water partition coefficient (Wildman–Crippen LogP) is 3.48. The van der Waals surface area contributed by atoms with Crippen molar-refractivity contribution in [3.8, 4) is 23.0 Å². The summed E-state index contributed by atoms with van der Waals surface area (Å²) in [6.07, 6.45) is 2.09. The molecule has 0 saturated heterocycles. The van der Waals surface area contributed by atoms with Crippen molar-refractivity contribution in [1.82, 2.24) is 0 Å². The molecule has 29 heavy (non-hydrogen) atoms. The number of benzene rings is 2. The molecule has 1 atom stereocenters. The number of methoxy groups -OCH3 is 4. The molecule has 0 amide bonds. The normalized spacial score (nSPS) is 16.9. The Bertz CT molecular complexity index is 968. The van der Waals surface area contributed by atoms with Gasteiger partial charge in [0.15, 0.2) is 17.2 Å². The number of hydrogen-bond acceptors (Lipinski definition) is 7. The van der Waals surface area contributed by atoms with Crippen LogP contribution in [0.3, 0.4) is 0 Å². The third kappa shape index (κ3) is 3.71. The summed E-state index contributed by atoms with van der Waals surface area (Å²) in [5.41, 5.74) is 2.72. The van der Waals surface area contributed by atoms with Crippen molar-refractivity contribution in [3.63, 3.8) is 0 Å². The van der Waals surface area contributed by atoms with Crippen LogP contribution in [-0.2, 0) is 6.42 Å². The van der Waals surface area contributed by atoms with Gasteiger partial charge in [-0.1, -0.05) is 6.07 Å². The highest BCUT2D eigenvalue weighted by atomic mass is 16.6. The van der Waals surface area contributed by atoms with Crippen molar-refractivity contribution in [2.45, 2.75) is 18.9 Å². The zero-order valence-electron chi connectivity index (χ0n) is 16.7. The minimum atomic E-state index is -0.730.